The lowest BCUT2D eigenvalue weighted by Crippen LogP contribution is -2.00. The lowest BCUT2D eigenvalue weighted by atomic mass is 10.0. The monoisotopic (exact) mass is 326 g/mol. The fourth-order valence-corrected chi connectivity index (χ4v) is 2.62. The molecule has 122 valence electrons. The maximum atomic E-state index is 14.2. The van der Waals surface area contributed by atoms with Crippen molar-refractivity contribution in [3.63, 3.8) is 0 Å². The van der Waals surface area contributed by atoms with E-state index in [2.05, 4.69) is 10.1 Å². The number of carboxylic acids is 1. The van der Waals surface area contributed by atoms with Gasteiger partial charge in [-0.15, -0.1) is 0 Å². The molecule has 3 aromatic rings. The van der Waals surface area contributed by atoms with Crippen LogP contribution in [-0.2, 0) is 0 Å². The van der Waals surface area contributed by atoms with Crippen molar-refractivity contribution in [2.75, 3.05) is 0 Å². The van der Waals surface area contributed by atoms with Crippen molar-refractivity contribution in [1.82, 2.24) is 10.1 Å². The van der Waals surface area contributed by atoms with Gasteiger partial charge in [0, 0.05) is 5.56 Å². The van der Waals surface area contributed by atoms with Crippen LogP contribution in [0.1, 0.15) is 27.0 Å². The normalized spacial score (nSPS) is 10.8. The average molecular weight is 326 g/mol. The molecule has 1 heterocycles. The maximum Gasteiger partial charge on any atom is 0.335 e. The molecule has 0 aliphatic carbocycles. The summed E-state index contributed by atoms with van der Waals surface area (Å²) >= 11 is 0. The third-order valence-electron chi connectivity index (χ3n) is 3.80. The van der Waals surface area contributed by atoms with Crippen LogP contribution in [0.4, 0.5) is 4.39 Å². The molecular formula is C18H15FN2O3. The molecule has 0 saturated carbocycles. The number of aromatic carboxylic acids is 1. The number of hydrogen-bond acceptors (Lipinski definition) is 4. The highest BCUT2D eigenvalue weighted by atomic mass is 19.1. The minimum Gasteiger partial charge on any atom is -0.478 e. The van der Waals surface area contributed by atoms with Crippen molar-refractivity contribution in [2.24, 2.45) is 0 Å². The number of benzene rings is 2. The first kappa shape index (κ1) is 15.9. The van der Waals surface area contributed by atoms with Crippen LogP contribution in [0.2, 0.25) is 0 Å². The molecule has 0 spiro atoms. The molecule has 0 aliphatic rings. The van der Waals surface area contributed by atoms with E-state index in [1.165, 1.54) is 12.1 Å². The van der Waals surface area contributed by atoms with E-state index in [9.17, 15) is 14.3 Å². The van der Waals surface area contributed by atoms with E-state index in [4.69, 9.17) is 4.52 Å². The van der Waals surface area contributed by atoms with Gasteiger partial charge in [0.25, 0.3) is 5.89 Å². The zero-order valence-electron chi connectivity index (χ0n) is 13.4. The SMILES string of the molecule is Cc1cc(C)c(-c2nc(-c3ccc(C)c(C(=O)O)c3)no2)c(F)c1. The molecule has 1 aromatic heterocycles. The van der Waals surface area contributed by atoms with Crippen molar-refractivity contribution in [1.29, 1.82) is 0 Å². The fourth-order valence-electron chi connectivity index (χ4n) is 2.62. The molecule has 1 N–H and O–H groups in total. The van der Waals surface area contributed by atoms with Crippen molar-refractivity contribution >= 4 is 5.97 Å². The van der Waals surface area contributed by atoms with Gasteiger partial charge in [-0.3, -0.25) is 0 Å². The Balaban J connectivity index is 2.06. The Morgan fingerprint density at radius 3 is 2.54 bits per heavy atom. The second kappa shape index (κ2) is 5.88. The van der Waals surface area contributed by atoms with Gasteiger partial charge >= 0.3 is 5.97 Å². The van der Waals surface area contributed by atoms with Crippen LogP contribution < -0.4 is 0 Å². The summed E-state index contributed by atoms with van der Waals surface area (Å²) in [6, 6.07) is 8.09. The minimum atomic E-state index is -1.03. The van der Waals surface area contributed by atoms with Crippen LogP contribution in [0, 0.1) is 26.6 Å². The molecule has 0 atom stereocenters. The Hall–Kier alpha value is -3.02. The summed E-state index contributed by atoms with van der Waals surface area (Å²) in [7, 11) is 0. The van der Waals surface area contributed by atoms with E-state index in [1.54, 1.807) is 32.9 Å². The van der Waals surface area contributed by atoms with Crippen molar-refractivity contribution in [3.05, 3.63) is 58.4 Å². The molecule has 5 nitrogen and oxygen atoms in total. The summed E-state index contributed by atoms with van der Waals surface area (Å²) < 4.78 is 19.4. The van der Waals surface area contributed by atoms with Gasteiger partial charge in [0.2, 0.25) is 5.82 Å². The lowest BCUT2D eigenvalue weighted by molar-refractivity contribution is 0.0696. The third-order valence-corrected chi connectivity index (χ3v) is 3.80. The summed E-state index contributed by atoms with van der Waals surface area (Å²) in [5.41, 5.74) is 3.05. The van der Waals surface area contributed by atoms with Gasteiger partial charge in [-0.2, -0.15) is 4.98 Å². The Morgan fingerprint density at radius 2 is 1.88 bits per heavy atom. The summed E-state index contributed by atoms with van der Waals surface area (Å²) in [4.78, 5) is 15.5. The topological polar surface area (TPSA) is 76.2 Å². The predicted molar refractivity (Wildman–Crippen MR) is 86.3 cm³/mol. The highest BCUT2D eigenvalue weighted by Crippen LogP contribution is 2.29. The minimum absolute atomic E-state index is 0.0671. The highest BCUT2D eigenvalue weighted by Gasteiger charge is 2.18. The van der Waals surface area contributed by atoms with Gasteiger partial charge in [0.05, 0.1) is 11.1 Å². The molecule has 0 fully saturated rings. The van der Waals surface area contributed by atoms with Gasteiger partial charge in [0.15, 0.2) is 0 Å². The maximum absolute atomic E-state index is 14.2. The molecule has 0 amide bonds. The van der Waals surface area contributed by atoms with Gasteiger partial charge < -0.3 is 9.63 Å². The standard InChI is InChI=1S/C18H15FN2O3/c1-9-6-11(3)15(14(19)7-9)17-20-16(21-24-17)12-5-4-10(2)13(8-12)18(22)23/h4-8H,1-3H3,(H,22,23). The molecule has 0 radical (unpaired) electrons. The lowest BCUT2D eigenvalue weighted by Gasteiger charge is -2.04. The van der Waals surface area contributed by atoms with E-state index >= 15 is 0 Å². The Morgan fingerprint density at radius 1 is 1.12 bits per heavy atom. The van der Waals surface area contributed by atoms with Crippen molar-refractivity contribution < 1.29 is 18.8 Å². The smallest absolute Gasteiger partial charge is 0.335 e. The molecule has 0 aliphatic heterocycles. The molecule has 6 heteroatoms. The Labute approximate surface area is 137 Å². The number of carbonyl (C=O) groups is 1. The molecule has 0 unspecified atom stereocenters. The third kappa shape index (κ3) is 2.78. The summed E-state index contributed by atoms with van der Waals surface area (Å²) in [5.74, 6) is -1.18. The summed E-state index contributed by atoms with van der Waals surface area (Å²) in [5, 5.41) is 13.1. The predicted octanol–water partition coefficient (Wildman–Crippen LogP) is 4.17. The quantitative estimate of drug-likeness (QED) is 0.782. The van der Waals surface area contributed by atoms with E-state index in [0.717, 1.165) is 5.56 Å². The van der Waals surface area contributed by atoms with Crippen LogP contribution in [0.15, 0.2) is 34.9 Å². The Kier molecular flexibility index (Phi) is 3.89. The van der Waals surface area contributed by atoms with Crippen LogP contribution in [0.25, 0.3) is 22.8 Å². The first-order chi connectivity index (χ1) is 11.4. The van der Waals surface area contributed by atoms with Crippen LogP contribution in [0.5, 0.6) is 0 Å². The van der Waals surface area contributed by atoms with Gasteiger partial charge in [0.1, 0.15) is 5.82 Å². The van der Waals surface area contributed by atoms with Crippen molar-refractivity contribution in [3.8, 4) is 22.8 Å². The zero-order chi connectivity index (χ0) is 17.4. The average Bonchev–Trinajstić information content (AvgIpc) is 2.95. The first-order valence-corrected chi connectivity index (χ1v) is 7.32. The number of rotatable bonds is 3. The molecule has 24 heavy (non-hydrogen) atoms. The number of halogens is 1. The molecule has 0 bridgehead atoms. The Bertz CT molecular complexity index is 924. The summed E-state index contributed by atoms with van der Waals surface area (Å²) in [6.45, 7) is 5.28. The number of aromatic nitrogens is 2. The van der Waals surface area contributed by atoms with Crippen LogP contribution in [0.3, 0.4) is 0 Å². The van der Waals surface area contributed by atoms with E-state index in [0.29, 0.717) is 16.7 Å². The second-order valence-electron chi connectivity index (χ2n) is 5.70. The zero-order valence-corrected chi connectivity index (χ0v) is 13.4. The van der Waals surface area contributed by atoms with Gasteiger partial charge in [-0.1, -0.05) is 23.4 Å². The molecule has 0 saturated heterocycles. The van der Waals surface area contributed by atoms with E-state index < -0.39 is 11.8 Å². The number of carboxylic acid groups (broad SMARTS) is 1. The van der Waals surface area contributed by atoms with Crippen LogP contribution >= 0.6 is 0 Å². The van der Waals surface area contributed by atoms with E-state index in [1.807, 2.05) is 6.07 Å². The molecular weight excluding hydrogens is 311 g/mol. The first-order valence-electron chi connectivity index (χ1n) is 7.32. The molecule has 2 aromatic carbocycles. The van der Waals surface area contributed by atoms with Crippen molar-refractivity contribution in [2.45, 2.75) is 20.8 Å². The van der Waals surface area contributed by atoms with Gasteiger partial charge in [-0.25, -0.2) is 9.18 Å². The number of aryl methyl sites for hydroxylation is 3. The fraction of sp³-hybridized carbons (Fsp3) is 0.167. The number of nitrogens with zero attached hydrogens (tertiary/aromatic N) is 2. The highest BCUT2D eigenvalue weighted by molar-refractivity contribution is 5.90. The second-order valence-corrected chi connectivity index (χ2v) is 5.70. The van der Waals surface area contributed by atoms with Gasteiger partial charge in [-0.05, 0) is 49.6 Å². The number of hydrogen-bond donors (Lipinski definition) is 1. The largest absolute Gasteiger partial charge is 0.478 e. The summed E-state index contributed by atoms with van der Waals surface area (Å²) in [6.07, 6.45) is 0. The molecule has 3 rings (SSSR count). The van der Waals surface area contributed by atoms with E-state index in [-0.39, 0.29) is 22.8 Å². The van der Waals surface area contributed by atoms with Crippen LogP contribution in [-0.4, -0.2) is 21.2 Å².